The Hall–Kier alpha value is -1.82. The molecule has 1 aromatic carbocycles. The lowest BCUT2D eigenvalue weighted by Crippen LogP contribution is -2.02. The fourth-order valence-corrected chi connectivity index (χ4v) is 1.24. The Morgan fingerprint density at radius 2 is 2.19 bits per heavy atom. The van der Waals surface area contributed by atoms with Gasteiger partial charge < -0.3 is 10.1 Å². The van der Waals surface area contributed by atoms with E-state index in [-0.39, 0.29) is 10.6 Å². The first kappa shape index (κ1) is 12.3. The van der Waals surface area contributed by atoms with Gasteiger partial charge in [0.1, 0.15) is 0 Å². The zero-order chi connectivity index (χ0) is 12.3. The van der Waals surface area contributed by atoms with Gasteiger partial charge in [0.05, 0.1) is 11.1 Å². The van der Waals surface area contributed by atoms with Gasteiger partial charge in [-0.2, -0.15) is 5.10 Å². The number of hydrazone groups is 1. The summed E-state index contributed by atoms with van der Waals surface area (Å²) in [5.74, 6) is -0.444. The summed E-state index contributed by atoms with van der Waals surface area (Å²) in [6.45, 7) is 0. The summed E-state index contributed by atoms with van der Waals surface area (Å²) in [6.07, 6.45) is 1.30. The Bertz CT molecular complexity index is 446. The van der Waals surface area contributed by atoms with E-state index < -0.39 is 16.4 Å². The number of hydrogen-bond donors (Lipinski definition) is 1. The minimum atomic E-state index is -0.700. The molecule has 0 saturated heterocycles. The first-order chi connectivity index (χ1) is 7.41. The first-order valence-electron chi connectivity index (χ1n) is 4.30. The Labute approximate surface area is 96.9 Å². The highest BCUT2D eigenvalue weighted by molar-refractivity contribution is 6.31. The monoisotopic (exact) mass is 243 g/mol. The highest BCUT2D eigenvalue weighted by Crippen LogP contribution is 2.32. The molecule has 1 N–H and O–H groups in total. The number of aromatic hydroxyl groups is 1. The smallest absolute Gasteiger partial charge is 0.312 e. The van der Waals surface area contributed by atoms with E-state index in [2.05, 4.69) is 5.10 Å². The van der Waals surface area contributed by atoms with Crippen LogP contribution in [0.3, 0.4) is 0 Å². The second kappa shape index (κ2) is 4.80. The summed E-state index contributed by atoms with van der Waals surface area (Å²) in [4.78, 5) is 9.90. The summed E-state index contributed by atoms with van der Waals surface area (Å²) < 4.78 is 0. The standard InChI is InChI=1S/C9H10ClN3O3/c1-12(2)11-5-6-3-7(10)4-8(9(6)14)13(15)16/h3-5,14H,1-2H3/b11-5+. The summed E-state index contributed by atoms with van der Waals surface area (Å²) >= 11 is 5.69. The van der Waals surface area contributed by atoms with Crippen LogP contribution in [0.15, 0.2) is 17.2 Å². The molecule has 7 heteroatoms. The number of phenolic OH excluding ortho intramolecular Hbond substituents is 1. The second-order valence-electron chi connectivity index (χ2n) is 3.21. The quantitative estimate of drug-likeness (QED) is 0.499. The van der Waals surface area contributed by atoms with Crippen molar-refractivity contribution in [3.63, 3.8) is 0 Å². The Balaban J connectivity index is 3.24. The van der Waals surface area contributed by atoms with Crippen LogP contribution in [0.25, 0.3) is 0 Å². The molecule has 0 amide bonds. The van der Waals surface area contributed by atoms with Gasteiger partial charge in [-0.25, -0.2) is 0 Å². The van der Waals surface area contributed by atoms with Crippen molar-refractivity contribution in [3.8, 4) is 5.75 Å². The first-order valence-corrected chi connectivity index (χ1v) is 4.68. The van der Waals surface area contributed by atoms with E-state index in [1.807, 2.05) is 0 Å². The lowest BCUT2D eigenvalue weighted by Gasteiger charge is -2.04. The maximum Gasteiger partial charge on any atom is 0.312 e. The number of nitro benzene ring substituents is 1. The molecule has 0 bridgehead atoms. The van der Waals surface area contributed by atoms with Crippen molar-refractivity contribution in [1.29, 1.82) is 0 Å². The predicted octanol–water partition coefficient (Wildman–Crippen LogP) is 1.85. The Morgan fingerprint density at radius 1 is 1.56 bits per heavy atom. The van der Waals surface area contributed by atoms with E-state index in [0.29, 0.717) is 0 Å². The third-order valence-electron chi connectivity index (χ3n) is 1.71. The van der Waals surface area contributed by atoms with Gasteiger partial charge in [-0.15, -0.1) is 0 Å². The fraction of sp³-hybridized carbons (Fsp3) is 0.222. The van der Waals surface area contributed by atoms with Crippen LogP contribution in [-0.2, 0) is 0 Å². The summed E-state index contributed by atoms with van der Waals surface area (Å²) in [6, 6.07) is 2.49. The molecule has 0 aliphatic heterocycles. The van der Waals surface area contributed by atoms with E-state index in [4.69, 9.17) is 11.6 Å². The molecule has 0 saturated carbocycles. The molecule has 86 valence electrons. The Morgan fingerprint density at radius 3 is 2.69 bits per heavy atom. The number of rotatable bonds is 3. The molecule has 16 heavy (non-hydrogen) atoms. The van der Waals surface area contributed by atoms with Crippen LogP contribution in [0.2, 0.25) is 5.02 Å². The second-order valence-corrected chi connectivity index (χ2v) is 3.65. The number of hydrogen-bond acceptors (Lipinski definition) is 5. The van der Waals surface area contributed by atoms with Gasteiger partial charge in [0.15, 0.2) is 0 Å². The lowest BCUT2D eigenvalue weighted by molar-refractivity contribution is -0.385. The average Bonchev–Trinajstić information content (AvgIpc) is 2.18. The third-order valence-corrected chi connectivity index (χ3v) is 1.93. The zero-order valence-electron chi connectivity index (χ0n) is 8.72. The number of phenols is 1. The lowest BCUT2D eigenvalue weighted by atomic mass is 10.2. The number of nitro groups is 1. The molecule has 0 aliphatic rings. The van der Waals surface area contributed by atoms with Crippen molar-refractivity contribution in [2.75, 3.05) is 14.1 Å². The van der Waals surface area contributed by atoms with Gasteiger partial charge in [-0.1, -0.05) is 11.6 Å². The molecule has 0 radical (unpaired) electrons. The molecule has 6 nitrogen and oxygen atoms in total. The van der Waals surface area contributed by atoms with Crippen molar-refractivity contribution in [2.45, 2.75) is 0 Å². The molecule has 0 aliphatic carbocycles. The zero-order valence-corrected chi connectivity index (χ0v) is 9.47. The van der Waals surface area contributed by atoms with E-state index >= 15 is 0 Å². The van der Waals surface area contributed by atoms with Crippen LogP contribution in [-0.4, -0.2) is 35.3 Å². The van der Waals surface area contributed by atoms with Gasteiger partial charge in [-0.05, 0) is 6.07 Å². The van der Waals surface area contributed by atoms with Gasteiger partial charge in [0.2, 0.25) is 5.75 Å². The van der Waals surface area contributed by atoms with Crippen molar-refractivity contribution in [3.05, 3.63) is 32.8 Å². The van der Waals surface area contributed by atoms with Crippen molar-refractivity contribution >= 4 is 23.5 Å². The summed E-state index contributed by atoms with van der Waals surface area (Å²) in [5.41, 5.74) is -0.236. The normalized spacial score (nSPS) is 10.7. The number of halogens is 1. The SMILES string of the molecule is CN(C)/N=C/c1cc(Cl)cc([N+](=O)[O-])c1O. The van der Waals surface area contributed by atoms with Crippen LogP contribution >= 0.6 is 11.6 Å². The topological polar surface area (TPSA) is 79.0 Å². The molecule has 1 aromatic rings. The van der Waals surface area contributed by atoms with Crippen molar-refractivity contribution in [1.82, 2.24) is 5.01 Å². The van der Waals surface area contributed by atoms with Crippen molar-refractivity contribution in [2.24, 2.45) is 5.10 Å². The van der Waals surface area contributed by atoms with Crippen LogP contribution < -0.4 is 0 Å². The van der Waals surface area contributed by atoms with Gasteiger partial charge in [0, 0.05) is 30.7 Å². The highest BCUT2D eigenvalue weighted by atomic mass is 35.5. The maximum absolute atomic E-state index is 10.6. The molecule has 0 unspecified atom stereocenters. The van der Waals surface area contributed by atoms with Crippen LogP contribution in [0, 0.1) is 10.1 Å². The van der Waals surface area contributed by atoms with E-state index in [1.165, 1.54) is 17.3 Å². The number of nitrogens with zero attached hydrogens (tertiary/aromatic N) is 3. The molecular formula is C9H10ClN3O3. The Kier molecular flexibility index (Phi) is 3.68. The molecule has 0 aromatic heterocycles. The average molecular weight is 244 g/mol. The molecule has 0 atom stereocenters. The fourth-order valence-electron chi connectivity index (χ4n) is 1.02. The third kappa shape index (κ3) is 2.83. The molecular weight excluding hydrogens is 234 g/mol. The number of benzene rings is 1. The van der Waals surface area contributed by atoms with E-state index in [1.54, 1.807) is 14.1 Å². The van der Waals surface area contributed by atoms with Crippen molar-refractivity contribution < 1.29 is 10.0 Å². The van der Waals surface area contributed by atoms with Gasteiger partial charge in [-0.3, -0.25) is 10.1 Å². The summed E-state index contributed by atoms with van der Waals surface area (Å²) in [7, 11) is 3.37. The van der Waals surface area contributed by atoms with Gasteiger partial charge >= 0.3 is 5.69 Å². The largest absolute Gasteiger partial charge is 0.502 e. The van der Waals surface area contributed by atoms with E-state index in [9.17, 15) is 15.2 Å². The molecule has 1 rings (SSSR count). The molecule has 0 fully saturated rings. The molecule has 0 spiro atoms. The molecule has 0 heterocycles. The van der Waals surface area contributed by atoms with E-state index in [0.717, 1.165) is 6.07 Å². The maximum atomic E-state index is 10.6. The highest BCUT2D eigenvalue weighted by Gasteiger charge is 2.17. The van der Waals surface area contributed by atoms with Crippen LogP contribution in [0.5, 0.6) is 5.75 Å². The van der Waals surface area contributed by atoms with Crippen LogP contribution in [0.1, 0.15) is 5.56 Å². The summed E-state index contributed by atoms with van der Waals surface area (Å²) in [5, 5.41) is 25.7. The predicted molar refractivity (Wildman–Crippen MR) is 61.1 cm³/mol. The minimum Gasteiger partial charge on any atom is -0.502 e. The van der Waals surface area contributed by atoms with Gasteiger partial charge in [0.25, 0.3) is 0 Å². The van der Waals surface area contributed by atoms with Crippen LogP contribution in [0.4, 0.5) is 5.69 Å². The minimum absolute atomic E-state index is 0.171.